The molecule has 160 valence electrons. The molecular weight excluding hydrogens is 408 g/mol. The monoisotopic (exact) mass is 432 g/mol. The summed E-state index contributed by atoms with van der Waals surface area (Å²) in [7, 11) is 0.0506. The van der Waals surface area contributed by atoms with Gasteiger partial charge >= 0.3 is 0 Å². The van der Waals surface area contributed by atoms with Crippen LogP contribution >= 0.6 is 0 Å². The summed E-state index contributed by atoms with van der Waals surface area (Å²) in [5, 5.41) is 9.98. The van der Waals surface area contributed by atoms with Crippen molar-refractivity contribution in [2.45, 2.75) is 11.3 Å². The van der Waals surface area contributed by atoms with E-state index in [2.05, 4.69) is 10.3 Å². The van der Waals surface area contributed by atoms with Gasteiger partial charge in [0, 0.05) is 19.4 Å². The molecule has 3 aromatic rings. The Hall–Kier alpha value is -3.11. The first-order valence-corrected chi connectivity index (χ1v) is 10.8. The molecule has 1 aliphatic heterocycles. The fourth-order valence-corrected chi connectivity index (χ4v) is 4.74. The lowest BCUT2D eigenvalue weighted by Crippen LogP contribution is -2.29. The summed E-state index contributed by atoms with van der Waals surface area (Å²) in [5.74, 6) is 0.705. The van der Waals surface area contributed by atoms with Crippen LogP contribution in [0.5, 0.6) is 5.75 Å². The van der Waals surface area contributed by atoms with Gasteiger partial charge in [0.25, 0.3) is 16.5 Å². The number of nitrogens with zero attached hydrogens (tertiary/aromatic N) is 3. The Balaban J connectivity index is 0.000000806. The summed E-state index contributed by atoms with van der Waals surface area (Å²) < 4.78 is 33.7. The van der Waals surface area contributed by atoms with Crippen LogP contribution in [-0.2, 0) is 21.2 Å². The van der Waals surface area contributed by atoms with Gasteiger partial charge in [-0.3, -0.25) is 9.78 Å². The molecule has 30 heavy (non-hydrogen) atoms. The molecule has 0 bridgehead atoms. The van der Waals surface area contributed by atoms with Crippen molar-refractivity contribution >= 4 is 33.2 Å². The highest BCUT2D eigenvalue weighted by Gasteiger charge is 2.24. The topological polar surface area (TPSA) is 114 Å². The highest BCUT2D eigenvalue weighted by Crippen LogP contribution is 2.34. The largest absolute Gasteiger partial charge is 0.490 e. The first kappa shape index (κ1) is 21.6. The van der Waals surface area contributed by atoms with Crippen LogP contribution in [0.1, 0.15) is 5.56 Å². The minimum absolute atomic E-state index is 0.236. The maximum Gasteiger partial charge on any atom is 0.290 e. The molecule has 0 saturated carbocycles. The summed E-state index contributed by atoms with van der Waals surface area (Å²) in [6.07, 6.45) is 4.07. The lowest BCUT2D eigenvalue weighted by Gasteiger charge is -2.28. The number of benzene rings is 1. The van der Waals surface area contributed by atoms with Crippen LogP contribution in [-0.4, -0.2) is 62.7 Å². The number of carbonyl (C=O) groups is 1. The van der Waals surface area contributed by atoms with E-state index >= 15 is 0 Å². The van der Waals surface area contributed by atoms with Crippen molar-refractivity contribution in [2.75, 3.05) is 38.7 Å². The number of hydrogen-bond donors (Lipinski definition) is 2. The van der Waals surface area contributed by atoms with Gasteiger partial charge in [-0.25, -0.2) is 12.4 Å². The predicted octanol–water partition coefficient (Wildman–Crippen LogP) is 1.56. The molecule has 0 spiro atoms. The van der Waals surface area contributed by atoms with E-state index in [0.717, 1.165) is 29.9 Å². The Morgan fingerprint density at radius 1 is 1.33 bits per heavy atom. The molecular formula is C20H24N4O5S. The molecule has 4 rings (SSSR count). The second-order valence-corrected chi connectivity index (χ2v) is 8.50. The van der Waals surface area contributed by atoms with Crippen LogP contribution in [0.3, 0.4) is 0 Å². The molecule has 1 aliphatic rings. The SMILES string of the molecule is CNCCc1cn(S(=O)(=O)c2ccc3c(c2)N(C)CCO3)c2cccnc12.O=CO. The fraction of sp³-hybridized carbons (Fsp3) is 0.300. The zero-order valence-electron chi connectivity index (χ0n) is 16.8. The van der Waals surface area contributed by atoms with Gasteiger partial charge in [-0.15, -0.1) is 0 Å². The van der Waals surface area contributed by atoms with Crippen molar-refractivity contribution in [3.8, 4) is 5.75 Å². The first-order valence-electron chi connectivity index (χ1n) is 9.35. The number of fused-ring (bicyclic) bond motifs is 2. The fourth-order valence-electron chi connectivity index (χ4n) is 3.34. The Bertz CT molecular complexity index is 1140. The Morgan fingerprint density at radius 3 is 2.83 bits per heavy atom. The lowest BCUT2D eigenvalue weighted by molar-refractivity contribution is -0.122. The standard InChI is InChI=1S/C19H22N4O3S.CH2O2/c1-20-9-7-14-13-23(16-4-3-8-21-19(14)16)27(24,25)15-5-6-18-17(12-15)22(2)10-11-26-18;2-1-3/h3-6,8,12-13,20H,7,9-11H2,1-2H3;1H,(H,2,3). The van der Waals surface area contributed by atoms with E-state index in [0.29, 0.717) is 24.3 Å². The molecule has 9 nitrogen and oxygen atoms in total. The van der Waals surface area contributed by atoms with E-state index in [1.165, 1.54) is 3.97 Å². The van der Waals surface area contributed by atoms with Crippen LogP contribution in [0.15, 0.2) is 47.6 Å². The van der Waals surface area contributed by atoms with Crippen LogP contribution < -0.4 is 15.0 Å². The number of aromatic nitrogens is 2. The normalized spacial score (nSPS) is 13.2. The molecule has 0 fully saturated rings. The number of nitrogens with one attached hydrogen (secondary N) is 1. The number of ether oxygens (including phenoxy) is 1. The average molecular weight is 433 g/mol. The minimum atomic E-state index is -3.75. The molecule has 0 atom stereocenters. The number of anilines is 1. The van der Waals surface area contributed by atoms with Crippen LogP contribution in [0.4, 0.5) is 5.69 Å². The zero-order chi connectivity index (χ0) is 21.7. The van der Waals surface area contributed by atoms with Crippen molar-refractivity contribution < 1.29 is 23.1 Å². The van der Waals surface area contributed by atoms with Crippen LogP contribution in [0.2, 0.25) is 0 Å². The third-order valence-corrected chi connectivity index (χ3v) is 6.50. The van der Waals surface area contributed by atoms with Gasteiger partial charge in [0.15, 0.2) is 0 Å². The maximum absolute atomic E-state index is 13.4. The molecule has 2 N–H and O–H groups in total. The Morgan fingerprint density at radius 2 is 2.10 bits per heavy atom. The van der Waals surface area contributed by atoms with Crippen molar-refractivity contribution in [2.24, 2.45) is 0 Å². The number of rotatable bonds is 5. The van der Waals surface area contributed by atoms with E-state index < -0.39 is 10.0 Å². The Labute approximate surface area is 175 Å². The highest BCUT2D eigenvalue weighted by atomic mass is 32.2. The van der Waals surface area contributed by atoms with Gasteiger partial charge in [-0.1, -0.05) is 0 Å². The molecule has 0 aliphatic carbocycles. The van der Waals surface area contributed by atoms with Gasteiger partial charge in [-0.2, -0.15) is 0 Å². The molecule has 0 unspecified atom stereocenters. The quantitative estimate of drug-likeness (QED) is 0.584. The van der Waals surface area contributed by atoms with Gasteiger partial charge in [0.1, 0.15) is 12.4 Å². The second kappa shape index (κ2) is 9.14. The third-order valence-electron chi connectivity index (χ3n) is 4.83. The van der Waals surface area contributed by atoms with Gasteiger partial charge < -0.3 is 20.1 Å². The van der Waals surface area contributed by atoms with E-state index in [1.54, 1.807) is 42.7 Å². The summed E-state index contributed by atoms with van der Waals surface area (Å²) in [6, 6.07) is 8.55. The molecule has 0 amide bonds. The van der Waals surface area contributed by atoms with Gasteiger partial charge in [0.2, 0.25) is 0 Å². The van der Waals surface area contributed by atoms with E-state index in [-0.39, 0.29) is 11.4 Å². The second-order valence-electron chi connectivity index (χ2n) is 6.68. The van der Waals surface area contributed by atoms with Crippen LogP contribution in [0.25, 0.3) is 11.0 Å². The smallest absolute Gasteiger partial charge is 0.290 e. The molecule has 10 heteroatoms. The average Bonchev–Trinajstić information content (AvgIpc) is 3.12. The number of likely N-dealkylation sites (N-methyl/N-ethyl adjacent to an activating group) is 2. The van der Waals surface area contributed by atoms with Gasteiger partial charge in [-0.05, 0) is 55.9 Å². The van der Waals surface area contributed by atoms with Gasteiger partial charge in [0.05, 0.1) is 28.2 Å². The molecule has 1 aromatic carbocycles. The molecule has 2 aromatic heterocycles. The summed E-state index contributed by atoms with van der Waals surface area (Å²) in [4.78, 5) is 15.0. The summed E-state index contributed by atoms with van der Waals surface area (Å²) >= 11 is 0. The number of carboxylic acid groups (broad SMARTS) is 1. The van der Waals surface area contributed by atoms with Crippen LogP contribution in [0, 0.1) is 0 Å². The minimum Gasteiger partial charge on any atom is -0.490 e. The van der Waals surface area contributed by atoms with Crippen molar-refractivity contribution in [3.63, 3.8) is 0 Å². The molecule has 0 radical (unpaired) electrons. The molecule has 3 heterocycles. The molecule has 0 saturated heterocycles. The Kier molecular flexibility index (Phi) is 6.58. The number of hydrogen-bond acceptors (Lipinski definition) is 7. The number of pyridine rings is 1. The van der Waals surface area contributed by atoms with Crippen molar-refractivity contribution in [1.82, 2.24) is 14.3 Å². The van der Waals surface area contributed by atoms with E-state index in [4.69, 9.17) is 14.6 Å². The lowest BCUT2D eigenvalue weighted by atomic mass is 10.2. The maximum atomic E-state index is 13.4. The van der Waals surface area contributed by atoms with E-state index in [9.17, 15) is 8.42 Å². The van der Waals surface area contributed by atoms with E-state index in [1.807, 2.05) is 19.0 Å². The predicted molar refractivity (Wildman–Crippen MR) is 114 cm³/mol. The summed E-state index contributed by atoms with van der Waals surface area (Å²) in [6.45, 7) is 1.82. The first-order chi connectivity index (χ1) is 14.4. The zero-order valence-corrected chi connectivity index (χ0v) is 17.6. The summed E-state index contributed by atoms with van der Waals surface area (Å²) in [5.41, 5.74) is 3.00. The van der Waals surface area contributed by atoms with Crippen molar-refractivity contribution in [3.05, 3.63) is 48.3 Å². The van der Waals surface area contributed by atoms with Crippen molar-refractivity contribution in [1.29, 1.82) is 0 Å². The highest BCUT2D eigenvalue weighted by molar-refractivity contribution is 7.90. The third kappa shape index (κ3) is 4.10.